The highest BCUT2D eigenvalue weighted by molar-refractivity contribution is 6.30. The van der Waals surface area contributed by atoms with Gasteiger partial charge < -0.3 is 14.0 Å². The SMILES string of the molecule is Cc1noc(C)c1C1CCCN1c1nc2cc(-c3noc(=O)[nH]3)nc(-c3cncc(Cl)c3)c2n1CC1CCC(C)CC1. The Hall–Kier alpha value is -3.99. The molecule has 1 N–H and O–H groups in total. The molecule has 11 nitrogen and oxygen atoms in total. The number of hydrogen-bond donors (Lipinski definition) is 1. The van der Waals surface area contributed by atoms with Crippen molar-refractivity contribution in [3.05, 3.63) is 57.1 Å². The number of hydrogen-bond acceptors (Lipinski definition) is 9. The summed E-state index contributed by atoms with van der Waals surface area (Å²) in [6, 6.07) is 3.83. The number of anilines is 1. The van der Waals surface area contributed by atoms with Crippen LogP contribution in [0.5, 0.6) is 0 Å². The van der Waals surface area contributed by atoms with Crippen LogP contribution in [-0.2, 0) is 6.54 Å². The Bertz CT molecular complexity index is 1790. The Morgan fingerprint density at radius 1 is 1.05 bits per heavy atom. The van der Waals surface area contributed by atoms with Gasteiger partial charge in [0.05, 0.1) is 33.5 Å². The van der Waals surface area contributed by atoms with Crippen LogP contribution in [0.1, 0.15) is 68.5 Å². The van der Waals surface area contributed by atoms with Crippen molar-refractivity contribution in [2.45, 2.75) is 71.9 Å². The summed E-state index contributed by atoms with van der Waals surface area (Å²) in [6.07, 6.45) is 10.2. The van der Waals surface area contributed by atoms with Crippen molar-refractivity contribution in [3.63, 3.8) is 0 Å². The lowest BCUT2D eigenvalue weighted by molar-refractivity contribution is 0.266. The minimum atomic E-state index is -0.644. The van der Waals surface area contributed by atoms with Gasteiger partial charge >= 0.3 is 5.76 Å². The zero-order valence-electron chi connectivity index (χ0n) is 23.9. The quantitative estimate of drug-likeness (QED) is 0.244. The van der Waals surface area contributed by atoms with Crippen molar-refractivity contribution >= 4 is 28.6 Å². The van der Waals surface area contributed by atoms with Gasteiger partial charge in [0.25, 0.3) is 0 Å². The van der Waals surface area contributed by atoms with Gasteiger partial charge in [-0.3, -0.25) is 14.5 Å². The molecule has 1 saturated carbocycles. The lowest BCUT2D eigenvalue weighted by atomic mass is 9.83. The Labute approximate surface area is 247 Å². The van der Waals surface area contributed by atoms with Crippen molar-refractivity contribution < 1.29 is 9.05 Å². The molecular formula is C30H33ClN8O3. The Balaban J connectivity index is 1.46. The average molecular weight is 589 g/mol. The molecule has 218 valence electrons. The van der Waals surface area contributed by atoms with Gasteiger partial charge in [-0.05, 0) is 63.5 Å². The number of aryl methyl sites for hydroxylation is 2. The van der Waals surface area contributed by atoms with Crippen LogP contribution in [0.25, 0.3) is 33.8 Å². The number of aromatic amines is 1. The fraction of sp³-hybridized carbons (Fsp3) is 0.467. The first-order chi connectivity index (χ1) is 20.4. The van der Waals surface area contributed by atoms with Gasteiger partial charge in [-0.25, -0.2) is 14.8 Å². The predicted molar refractivity (Wildman–Crippen MR) is 158 cm³/mol. The molecule has 1 unspecified atom stereocenters. The van der Waals surface area contributed by atoms with Gasteiger partial charge in [-0.2, -0.15) is 0 Å². The summed E-state index contributed by atoms with van der Waals surface area (Å²) in [5.41, 5.74) is 5.60. The van der Waals surface area contributed by atoms with Crippen molar-refractivity contribution in [2.75, 3.05) is 11.4 Å². The number of aromatic nitrogens is 7. The topological polar surface area (TPSA) is 132 Å². The molecule has 0 spiro atoms. The van der Waals surface area contributed by atoms with Crippen molar-refractivity contribution in [1.82, 2.24) is 34.8 Å². The highest BCUT2D eigenvalue weighted by atomic mass is 35.5. The summed E-state index contributed by atoms with van der Waals surface area (Å²) in [6.45, 7) is 8.03. The normalized spacial score (nSPS) is 21.0. The molecule has 5 aromatic heterocycles. The largest absolute Gasteiger partial charge is 0.439 e. The van der Waals surface area contributed by atoms with Crippen LogP contribution in [0.4, 0.5) is 5.95 Å². The number of nitrogens with zero attached hydrogens (tertiary/aromatic N) is 7. The zero-order chi connectivity index (χ0) is 29.0. The van der Waals surface area contributed by atoms with E-state index in [1.165, 1.54) is 25.7 Å². The molecule has 6 heterocycles. The van der Waals surface area contributed by atoms with E-state index in [-0.39, 0.29) is 11.9 Å². The number of H-pyrrole nitrogens is 1. The fourth-order valence-corrected chi connectivity index (χ4v) is 6.96. The lowest BCUT2D eigenvalue weighted by Gasteiger charge is -2.30. The molecule has 0 amide bonds. The zero-order valence-corrected chi connectivity index (χ0v) is 24.7. The minimum absolute atomic E-state index is 0.105. The van der Waals surface area contributed by atoms with E-state index in [1.54, 1.807) is 12.4 Å². The highest BCUT2D eigenvalue weighted by Crippen LogP contribution is 2.42. The molecule has 0 bridgehead atoms. The number of imidazole rings is 1. The lowest BCUT2D eigenvalue weighted by Crippen LogP contribution is -2.28. The van der Waals surface area contributed by atoms with Crippen molar-refractivity contribution in [2.24, 2.45) is 11.8 Å². The Morgan fingerprint density at radius 2 is 1.88 bits per heavy atom. The molecule has 7 rings (SSSR count). The summed E-state index contributed by atoms with van der Waals surface area (Å²) in [5.74, 6) is 2.62. The molecule has 2 fully saturated rings. The summed E-state index contributed by atoms with van der Waals surface area (Å²) < 4.78 is 12.8. The predicted octanol–water partition coefficient (Wildman–Crippen LogP) is 6.26. The second kappa shape index (κ2) is 10.7. The molecule has 0 aromatic carbocycles. The first-order valence-corrected chi connectivity index (χ1v) is 15.0. The minimum Gasteiger partial charge on any atom is -0.361 e. The van der Waals surface area contributed by atoms with Crippen LogP contribution >= 0.6 is 11.6 Å². The Morgan fingerprint density at radius 3 is 2.60 bits per heavy atom. The van der Waals surface area contributed by atoms with Crippen molar-refractivity contribution in [3.8, 4) is 22.8 Å². The third-order valence-corrected chi connectivity index (χ3v) is 9.08. The van der Waals surface area contributed by atoms with Crippen LogP contribution in [0.2, 0.25) is 5.02 Å². The van der Waals surface area contributed by atoms with Crippen LogP contribution in [0, 0.1) is 25.7 Å². The van der Waals surface area contributed by atoms with E-state index in [0.29, 0.717) is 22.3 Å². The number of pyridine rings is 2. The molecular weight excluding hydrogens is 556 g/mol. The Kier molecular flexibility index (Phi) is 6.84. The first-order valence-electron chi connectivity index (χ1n) is 14.6. The molecule has 1 saturated heterocycles. The molecule has 1 atom stereocenters. The van der Waals surface area contributed by atoms with Gasteiger partial charge in [0, 0.05) is 36.6 Å². The monoisotopic (exact) mass is 588 g/mol. The van der Waals surface area contributed by atoms with Gasteiger partial charge in [-0.1, -0.05) is 41.7 Å². The molecule has 2 aliphatic rings. The summed E-state index contributed by atoms with van der Waals surface area (Å²) in [4.78, 5) is 31.5. The third kappa shape index (κ3) is 4.79. The summed E-state index contributed by atoms with van der Waals surface area (Å²) in [5, 5.41) is 8.68. The number of halogens is 1. The van der Waals surface area contributed by atoms with E-state index >= 15 is 0 Å². The van der Waals surface area contributed by atoms with Gasteiger partial charge in [0.1, 0.15) is 11.5 Å². The molecule has 1 aliphatic heterocycles. The van der Waals surface area contributed by atoms with E-state index in [1.807, 2.05) is 26.0 Å². The molecule has 5 aromatic rings. The van der Waals surface area contributed by atoms with Crippen LogP contribution in [0.15, 0.2) is 38.4 Å². The summed E-state index contributed by atoms with van der Waals surface area (Å²) in [7, 11) is 0. The maximum atomic E-state index is 11.8. The standard InChI is InChI=1S/C30H33ClN8O3/c1-16-6-8-19(9-7-16)15-39-27-22(34-29(39)38-10-4-5-24(38)25-17(2)36-41-18(25)3)12-23(28-35-30(40)42-37-28)33-26(27)20-11-21(31)14-32-13-20/h11-14,16,19,24H,4-10,15H2,1-3H3,(H,35,37,40). The third-order valence-electron chi connectivity index (χ3n) is 8.87. The maximum absolute atomic E-state index is 11.8. The molecule has 42 heavy (non-hydrogen) atoms. The summed E-state index contributed by atoms with van der Waals surface area (Å²) >= 11 is 6.42. The maximum Gasteiger partial charge on any atom is 0.439 e. The van der Waals surface area contributed by atoms with Gasteiger partial charge in [0.2, 0.25) is 11.8 Å². The second-order valence-electron chi connectivity index (χ2n) is 11.8. The van der Waals surface area contributed by atoms with Crippen molar-refractivity contribution in [1.29, 1.82) is 0 Å². The highest BCUT2D eigenvalue weighted by Gasteiger charge is 2.35. The smallest absolute Gasteiger partial charge is 0.361 e. The van der Waals surface area contributed by atoms with Gasteiger partial charge in [-0.15, -0.1) is 0 Å². The molecule has 1 aliphatic carbocycles. The van der Waals surface area contributed by atoms with Crippen LogP contribution < -0.4 is 10.7 Å². The average Bonchev–Trinajstić information content (AvgIpc) is 3.76. The number of rotatable bonds is 6. The van der Waals surface area contributed by atoms with E-state index in [0.717, 1.165) is 71.4 Å². The van der Waals surface area contributed by atoms with E-state index < -0.39 is 5.76 Å². The second-order valence-corrected chi connectivity index (χ2v) is 12.2. The number of fused-ring (bicyclic) bond motifs is 1. The van der Waals surface area contributed by atoms with E-state index in [9.17, 15) is 4.79 Å². The number of nitrogens with one attached hydrogen (secondary N) is 1. The van der Waals surface area contributed by atoms with E-state index in [2.05, 4.69) is 36.7 Å². The fourth-order valence-electron chi connectivity index (χ4n) is 6.78. The molecule has 12 heteroatoms. The van der Waals surface area contributed by atoms with E-state index in [4.69, 9.17) is 30.6 Å². The first kappa shape index (κ1) is 26.9. The molecule has 0 radical (unpaired) electrons. The van der Waals surface area contributed by atoms with Crippen LogP contribution in [0.3, 0.4) is 0 Å². The van der Waals surface area contributed by atoms with Crippen LogP contribution in [-0.4, -0.2) is 41.4 Å². The van der Waals surface area contributed by atoms with Gasteiger partial charge in [0.15, 0.2) is 0 Å².